The molecular weight excluding hydrogens is 266 g/mol. The number of nitro benzene ring substituents is 1. The van der Waals surface area contributed by atoms with Crippen LogP contribution in [0.15, 0.2) is 24.3 Å². The van der Waals surface area contributed by atoms with Gasteiger partial charge in [0.2, 0.25) is 6.29 Å². The third kappa shape index (κ3) is 3.60. The number of hydrogen-bond acceptors (Lipinski definition) is 6. The van der Waals surface area contributed by atoms with Gasteiger partial charge in [-0.05, 0) is 17.7 Å². The number of Topliss-reactive ketones (excluding diaryl/α,β-unsaturated/α-hetero) is 1. The molecule has 0 aliphatic carbocycles. The van der Waals surface area contributed by atoms with Gasteiger partial charge in [0.1, 0.15) is 0 Å². The molecule has 110 valence electrons. The first kappa shape index (κ1) is 16.2. The Balaban J connectivity index is 2.85. The van der Waals surface area contributed by atoms with Crippen molar-refractivity contribution in [3.05, 3.63) is 39.9 Å². The molecule has 0 aliphatic rings. The number of ketones is 1. The van der Waals surface area contributed by atoms with Gasteiger partial charge in [-0.2, -0.15) is 0 Å². The van der Waals surface area contributed by atoms with Gasteiger partial charge in [0, 0.05) is 26.4 Å². The zero-order chi connectivity index (χ0) is 15.3. The minimum absolute atomic E-state index is 0.0772. The molecule has 0 unspecified atom stereocenters. The van der Waals surface area contributed by atoms with Crippen molar-refractivity contribution < 1.29 is 24.3 Å². The van der Waals surface area contributed by atoms with E-state index in [1.54, 1.807) is 6.92 Å². The van der Waals surface area contributed by atoms with Crippen LogP contribution in [0.1, 0.15) is 18.6 Å². The van der Waals surface area contributed by atoms with Gasteiger partial charge in [-0.1, -0.05) is 6.92 Å². The summed E-state index contributed by atoms with van der Waals surface area (Å²) in [5, 5.41) is 20.7. The lowest BCUT2D eigenvalue weighted by atomic mass is 9.93. The van der Waals surface area contributed by atoms with E-state index in [1.807, 2.05) is 0 Å². The van der Waals surface area contributed by atoms with Crippen molar-refractivity contribution in [2.75, 3.05) is 14.2 Å². The fourth-order valence-electron chi connectivity index (χ4n) is 1.78. The average molecular weight is 283 g/mol. The Labute approximate surface area is 116 Å². The molecule has 7 heteroatoms. The Kier molecular flexibility index (Phi) is 5.75. The normalized spacial score (nSPS) is 14.1. The van der Waals surface area contributed by atoms with Crippen molar-refractivity contribution in [3.63, 3.8) is 0 Å². The van der Waals surface area contributed by atoms with Gasteiger partial charge in [0.15, 0.2) is 5.78 Å². The number of methoxy groups -OCH3 is 2. The summed E-state index contributed by atoms with van der Waals surface area (Å²) in [7, 11) is 2.66. The second kappa shape index (κ2) is 7.09. The second-order valence-corrected chi connectivity index (χ2v) is 4.29. The molecule has 0 radical (unpaired) electrons. The molecule has 0 fully saturated rings. The highest BCUT2D eigenvalue weighted by molar-refractivity contribution is 5.84. The van der Waals surface area contributed by atoms with Gasteiger partial charge >= 0.3 is 0 Å². The van der Waals surface area contributed by atoms with Crippen molar-refractivity contribution >= 4 is 11.5 Å². The summed E-state index contributed by atoms with van der Waals surface area (Å²) >= 11 is 0. The first-order valence-electron chi connectivity index (χ1n) is 5.94. The summed E-state index contributed by atoms with van der Waals surface area (Å²) in [6.45, 7) is 1.54. The zero-order valence-corrected chi connectivity index (χ0v) is 11.5. The van der Waals surface area contributed by atoms with Crippen LogP contribution in [0.2, 0.25) is 0 Å². The molecule has 0 aromatic heterocycles. The van der Waals surface area contributed by atoms with E-state index in [2.05, 4.69) is 0 Å². The predicted octanol–water partition coefficient (Wildman–Crippen LogP) is 1.45. The molecule has 0 bridgehead atoms. The van der Waals surface area contributed by atoms with E-state index in [9.17, 15) is 20.0 Å². The number of aliphatic hydroxyl groups is 1. The Morgan fingerprint density at radius 2 is 1.75 bits per heavy atom. The maximum absolute atomic E-state index is 12.0. The van der Waals surface area contributed by atoms with E-state index in [-0.39, 0.29) is 5.69 Å². The first-order valence-corrected chi connectivity index (χ1v) is 5.94. The maximum atomic E-state index is 12.0. The van der Waals surface area contributed by atoms with Crippen LogP contribution in [0.25, 0.3) is 0 Å². The van der Waals surface area contributed by atoms with Crippen LogP contribution in [-0.2, 0) is 14.3 Å². The number of nitro groups is 1. The number of ether oxygens (including phenoxy) is 2. The number of aliphatic hydroxyl groups excluding tert-OH is 1. The molecule has 0 spiro atoms. The van der Waals surface area contributed by atoms with Crippen molar-refractivity contribution in [2.24, 2.45) is 5.92 Å². The minimum atomic E-state index is -1.09. The molecular formula is C13H17NO6. The Bertz CT molecular complexity index is 468. The topological polar surface area (TPSA) is 98.9 Å². The third-order valence-corrected chi connectivity index (χ3v) is 3.03. The summed E-state index contributed by atoms with van der Waals surface area (Å²) in [5.41, 5.74) is 0.342. The van der Waals surface area contributed by atoms with Crippen LogP contribution in [-0.4, -0.2) is 36.3 Å². The number of carbonyl (C=O) groups excluding carboxylic acids is 1. The van der Waals surface area contributed by atoms with E-state index >= 15 is 0 Å². The van der Waals surface area contributed by atoms with Crippen molar-refractivity contribution in [3.8, 4) is 0 Å². The quantitative estimate of drug-likeness (QED) is 0.462. The smallest absolute Gasteiger partial charge is 0.269 e. The summed E-state index contributed by atoms with van der Waals surface area (Å²) in [5.74, 6) is -1.16. The summed E-state index contributed by atoms with van der Waals surface area (Å²) in [6.07, 6.45) is -2.13. The highest BCUT2D eigenvalue weighted by Crippen LogP contribution is 2.25. The van der Waals surface area contributed by atoms with Crippen LogP contribution in [0.3, 0.4) is 0 Å². The van der Waals surface area contributed by atoms with Crippen LogP contribution < -0.4 is 0 Å². The van der Waals surface area contributed by atoms with Gasteiger partial charge in [-0.15, -0.1) is 0 Å². The molecule has 1 rings (SSSR count). The zero-order valence-electron chi connectivity index (χ0n) is 11.5. The van der Waals surface area contributed by atoms with Gasteiger partial charge in [0.25, 0.3) is 5.69 Å². The Morgan fingerprint density at radius 1 is 1.25 bits per heavy atom. The Morgan fingerprint density at radius 3 is 2.15 bits per heavy atom. The average Bonchev–Trinajstić information content (AvgIpc) is 2.46. The van der Waals surface area contributed by atoms with E-state index in [0.29, 0.717) is 5.56 Å². The molecule has 1 aromatic rings. The fraction of sp³-hybridized carbons (Fsp3) is 0.462. The number of non-ortho nitro benzene ring substituents is 1. The van der Waals surface area contributed by atoms with E-state index in [4.69, 9.17) is 9.47 Å². The number of nitrogens with zero attached hydrogens (tertiary/aromatic N) is 1. The molecule has 0 saturated heterocycles. The molecule has 2 atom stereocenters. The minimum Gasteiger partial charge on any atom is -0.388 e. The highest BCUT2D eigenvalue weighted by atomic mass is 16.7. The van der Waals surface area contributed by atoms with Crippen LogP contribution >= 0.6 is 0 Å². The summed E-state index contributed by atoms with van der Waals surface area (Å²) in [4.78, 5) is 22.0. The van der Waals surface area contributed by atoms with Gasteiger partial charge < -0.3 is 14.6 Å². The molecule has 20 heavy (non-hydrogen) atoms. The maximum Gasteiger partial charge on any atom is 0.269 e. The van der Waals surface area contributed by atoms with Gasteiger partial charge in [-0.3, -0.25) is 14.9 Å². The molecule has 0 aliphatic heterocycles. The largest absolute Gasteiger partial charge is 0.388 e. The lowest BCUT2D eigenvalue weighted by molar-refractivity contribution is -0.384. The molecule has 7 nitrogen and oxygen atoms in total. The lowest BCUT2D eigenvalue weighted by Crippen LogP contribution is -2.33. The molecule has 0 heterocycles. The SMILES string of the molecule is COC(OC)C(=O)[C@@H](C)[C@H](O)c1ccc([N+](=O)[O-])cc1. The molecule has 0 saturated carbocycles. The first-order chi connectivity index (χ1) is 9.42. The summed E-state index contributed by atoms with van der Waals surface area (Å²) < 4.78 is 9.69. The lowest BCUT2D eigenvalue weighted by Gasteiger charge is -2.21. The summed E-state index contributed by atoms with van der Waals surface area (Å²) in [6, 6.07) is 5.39. The molecule has 1 N–H and O–H groups in total. The van der Waals surface area contributed by atoms with Crippen LogP contribution in [0, 0.1) is 16.0 Å². The highest BCUT2D eigenvalue weighted by Gasteiger charge is 2.30. The second-order valence-electron chi connectivity index (χ2n) is 4.29. The van der Waals surface area contributed by atoms with Gasteiger partial charge in [-0.25, -0.2) is 0 Å². The standard InChI is InChI=1S/C13H17NO6/c1-8(12(16)13(19-2)20-3)11(15)9-4-6-10(7-5-9)14(17)18/h4-8,11,13,15H,1-3H3/t8-,11-/m0/s1. The van der Waals surface area contributed by atoms with Crippen LogP contribution in [0.4, 0.5) is 5.69 Å². The van der Waals surface area contributed by atoms with Gasteiger partial charge in [0.05, 0.1) is 16.9 Å². The van der Waals surface area contributed by atoms with Crippen molar-refractivity contribution in [2.45, 2.75) is 19.3 Å². The predicted molar refractivity (Wildman–Crippen MR) is 70.0 cm³/mol. The van der Waals surface area contributed by atoms with E-state index < -0.39 is 29.0 Å². The third-order valence-electron chi connectivity index (χ3n) is 3.03. The number of hydrogen-bond donors (Lipinski definition) is 1. The van der Waals surface area contributed by atoms with E-state index in [1.165, 1.54) is 38.5 Å². The van der Waals surface area contributed by atoms with Crippen LogP contribution in [0.5, 0.6) is 0 Å². The molecule has 1 aromatic carbocycles. The molecule has 0 amide bonds. The number of carbonyl (C=O) groups is 1. The van der Waals surface area contributed by atoms with Crippen molar-refractivity contribution in [1.82, 2.24) is 0 Å². The fourth-order valence-corrected chi connectivity index (χ4v) is 1.78. The van der Waals surface area contributed by atoms with E-state index in [0.717, 1.165) is 0 Å². The number of benzene rings is 1. The number of rotatable bonds is 7. The monoisotopic (exact) mass is 283 g/mol. The van der Waals surface area contributed by atoms with Crippen molar-refractivity contribution in [1.29, 1.82) is 0 Å². The Hall–Kier alpha value is -1.83.